The van der Waals surface area contributed by atoms with E-state index in [0.717, 1.165) is 10.9 Å². The van der Waals surface area contributed by atoms with Crippen LogP contribution in [0.1, 0.15) is 15.9 Å². The van der Waals surface area contributed by atoms with Crippen molar-refractivity contribution in [1.82, 2.24) is 25.1 Å². The molecular formula is C18H15N7O. The van der Waals surface area contributed by atoms with Crippen LogP contribution in [0.3, 0.4) is 0 Å². The number of amides is 1. The Balaban J connectivity index is 1.66. The Bertz CT molecular complexity index is 1080. The van der Waals surface area contributed by atoms with E-state index >= 15 is 0 Å². The van der Waals surface area contributed by atoms with E-state index in [2.05, 4.69) is 30.5 Å². The molecule has 4 rings (SSSR count). The van der Waals surface area contributed by atoms with Crippen LogP contribution in [0.15, 0.2) is 55.1 Å². The van der Waals surface area contributed by atoms with Gasteiger partial charge in [-0.2, -0.15) is 5.10 Å². The van der Waals surface area contributed by atoms with Crippen molar-refractivity contribution < 1.29 is 4.79 Å². The summed E-state index contributed by atoms with van der Waals surface area (Å²) in [7, 11) is 0. The number of hydrogen-bond donors (Lipinski definition) is 3. The first-order valence-electron chi connectivity index (χ1n) is 7.96. The Morgan fingerprint density at radius 2 is 1.96 bits per heavy atom. The number of pyridine rings is 1. The van der Waals surface area contributed by atoms with Crippen molar-refractivity contribution >= 4 is 22.6 Å². The van der Waals surface area contributed by atoms with E-state index in [1.54, 1.807) is 43.0 Å². The standard InChI is InChI=1S/C18H15N7O/c19-9-12-8-11(16-20-5-1-6-21-16)2-3-13(12)18(26)24-15-4-7-22-17-14(15)10-23-25-17/h1-8,10H,9,19H2,(H2,22,23,24,25,26). The summed E-state index contributed by atoms with van der Waals surface area (Å²) in [5.74, 6) is 0.336. The first-order valence-corrected chi connectivity index (χ1v) is 7.96. The van der Waals surface area contributed by atoms with Gasteiger partial charge in [0.25, 0.3) is 5.91 Å². The lowest BCUT2D eigenvalue weighted by Gasteiger charge is -2.11. The third kappa shape index (κ3) is 2.89. The van der Waals surface area contributed by atoms with E-state index in [4.69, 9.17) is 5.73 Å². The molecule has 0 saturated carbocycles. The van der Waals surface area contributed by atoms with Gasteiger partial charge in [0, 0.05) is 36.3 Å². The summed E-state index contributed by atoms with van der Waals surface area (Å²) in [5.41, 5.74) is 9.12. The van der Waals surface area contributed by atoms with E-state index in [1.165, 1.54) is 0 Å². The largest absolute Gasteiger partial charge is 0.326 e. The van der Waals surface area contributed by atoms with Gasteiger partial charge in [-0.3, -0.25) is 9.89 Å². The van der Waals surface area contributed by atoms with E-state index in [0.29, 0.717) is 28.3 Å². The molecule has 1 amide bonds. The molecule has 0 atom stereocenters. The first kappa shape index (κ1) is 15.9. The number of nitrogens with two attached hydrogens (primary N) is 1. The minimum Gasteiger partial charge on any atom is -0.326 e. The van der Waals surface area contributed by atoms with Crippen LogP contribution in [0.4, 0.5) is 5.69 Å². The number of benzene rings is 1. The van der Waals surface area contributed by atoms with Gasteiger partial charge in [-0.1, -0.05) is 6.07 Å². The van der Waals surface area contributed by atoms with Gasteiger partial charge in [0.2, 0.25) is 0 Å². The Kier molecular flexibility index (Phi) is 4.08. The molecular weight excluding hydrogens is 330 g/mol. The van der Waals surface area contributed by atoms with E-state index in [9.17, 15) is 4.79 Å². The fraction of sp³-hybridized carbons (Fsp3) is 0.0556. The quantitative estimate of drug-likeness (QED) is 0.521. The number of H-pyrrole nitrogens is 1. The third-order valence-electron chi connectivity index (χ3n) is 4.00. The molecule has 0 aliphatic carbocycles. The molecule has 128 valence electrons. The minimum atomic E-state index is -0.250. The smallest absolute Gasteiger partial charge is 0.256 e. The molecule has 4 N–H and O–H groups in total. The van der Waals surface area contributed by atoms with Crippen molar-refractivity contribution in [3.8, 4) is 11.4 Å². The molecule has 8 heteroatoms. The molecule has 0 spiro atoms. The number of rotatable bonds is 4. The zero-order valence-electron chi connectivity index (χ0n) is 13.7. The van der Waals surface area contributed by atoms with Crippen molar-refractivity contribution in [3.05, 3.63) is 66.2 Å². The van der Waals surface area contributed by atoms with Gasteiger partial charge < -0.3 is 11.1 Å². The van der Waals surface area contributed by atoms with Gasteiger partial charge in [0.15, 0.2) is 11.5 Å². The summed E-state index contributed by atoms with van der Waals surface area (Å²) in [5, 5.41) is 10.4. The molecule has 8 nitrogen and oxygen atoms in total. The van der Waals surface area contributed by atoms with E-state index in [-0.39, 0.29) is 12.5 Å². The van der Waals surface area contributed by atoms with Gasteiger partial charge in [0.1, 0.15) is 0 Å². The zero-order valence-corrected chi connectivity index (χ0v) is 13.7. The van der Waals surface area contributed by atoms with Crippen molar-refractivity contribution in [2.75, 3.05) is 5.32 Å². The predicted octanol–water partition coefficient (Wildman–Crippen LogP) is 2.13. The highest BCUT2D eigenvalue weighted by Gasteiger charge is 2.14. The molecule has 0 aliphatic rings. The summed E-state index contributed by atoms with van der Waals surface area (Å²) >= 11 is 0. The minimum absolute atomic E-state index is 0.223. The average molecular weight is 345 g/mol. The number of carbonyl (C=O) groups excluding carboxylic acids is 1. The van der Waals surface area contributed by atoms with Gasteiger partial charge >= 0.3 is 0 Å². The summed E-state index contributed by atoms with van der Waals surface area (Å²) < 4.78 is 0. The van der Waals surface area contributed by atoms with Crippen LogP contribution < -0.4 is 11.1 Å². The summed E-state index contributed by atoms with van der Waals surface area (Å²) in [6, 6.07) is 8.86. The summed E-state index contributed by atoms with van der Waals surface area (Å²) in [4.78, 5) is 25.4. The highest BCUT2D eigenvalue weighted by molar-refractivity contribution is 6.09. The summed E-state index contributed by atoms with van der Waals surface area (Å²) in [6.45, 7) is 0.223. The maximum Gasteiger partial charge on any atom is 0.256 e. The van der Waals surface area contributed by atoms with Crippen LogP contribution in [0.25, 0.3) is 22.4 Å². The Morgan fingerprint density at radius 1 is 1.12 bits per heavy atom. The summed E-state index contributed by atoms with van der Waals surface area (Å²) in [6.07, 6.45) is 6.57. The van der Waals surface area contributed by atoms with Crippen molar-refractivity contribution in [2.45, 2.75) is 6.54 Å². The van der Waals surface area contributed by atoms with Crippen LogP contribution in [-0.2, 0) is 6.54 Å². The monoisotopic (exact) mass is 345 g/mol. The van der Waals surface area contributed by atoms with E-state index < -0.39 is 0 Å². The number of nitrogens with one attached hydrogen (secondary N) is 2. The van der Waals surface area contributed by atoms with Crippen LogP contribution in [0.5, 0.6) is 0 Å². The number of hydrogen-bond acceptors (Lipinski definition) is 6. The molecule has 0 saturated heterocycles. The Labute approximate surface area is 148 Å². The molecule has 0 bridgehead atoms. The van der Waals surface area contributed by atoms with Gasteiger partial charge in [-0.15, -0.1) is 0 Å². The van der Waals surface area contributed by atoms with Gasteiger partial charge in [-0.25, -0.2) is 15.0 Å². The second kappa shape index (κ2) is 6.69. The second-order valence-corrected chi connectivity index (χ2v) is 5.59. The fourth-order valence-electron chi connectivity index (χ4n) is 2.72. The number of anilines is 1. The molecule has 0 fully saturated rings. The van der Waals surface area contributed by atoms with Crippen LogP contribution in [0.2, 0.25) is 0 Å². The zero-order chi connectivity index (χ0) is 17.9. The molecule has 1 aromatic carbocycles. The van der Waals surface area contributed by atoms with Crippen molar-refractivity contribution in [1.29, 1.82) is 0 Å². The average Bonchev–Trinajstić information content (AvgIpc) is 3.18. The lowest BCUT2D eigenvalue weighted by Crippen LogP contribution is -2.16. The maximum absolute atomic E-state index is 12.8. The predicted molar refractivity (Wildman–Crippen MR) is 97.2 cm³/mol. The maximum atomic E-state index is 12.8. The SMILES string of the molecule is NCc1cc(-c2ncccn2)ccc1C(=O)Nc1ccnc2[nH]ncc12. The van der Waals surface area contributed by atoms with E-state index in [1.807, 2.05) is 12.1 Å². The number of aromatic nitrogens is 5. The van der Waals surface area contributed by atoms with Crippen LogP contribution in [0, 0.1) is 0 Å². The number of carbonyl (C=O) groups is 1. The molecule has 0 aliphatic heterocycles. The molecule has 26 heavy (non-hydrogen) atoms. The molecule has 0 radical (unpaired) electrons. The topological polar surface area (TPSA) is 122 Å². The highest BCUT2D eigenvalue weighted by Crippen LogP contribution is 2.23. The van der Waals surface area contributed by atoms with Crippen molar-refractivity contribution in [3.63, 3.8) is 0 Å². The lowest BCUT2D eigenvalue weighted by molar-refractivity contribution is 0.102. The van der Waals surface area contributed by atoms with Gasteiger partial charge in [0.05, 0.1) is 17.3 Å². The van der Waals surface area contributed by atoms with Crippen LogP contribution in [-0.4, -0.2) is 31.1 Å². The lowest BCUT2D eigenvalue weighted by atomic mass is 10.0. The molecule has 3 heterocycles. The van der Waals surface area contributed by atoms with Gasteiger partial charge in [-0.05, 0) is 29.8 Å². The Hall–Kier alpha value is -3.65. The molecule has 4 aromatic rings. The number of aromatic amines is 1. The Morgan fingerprint density at radius 3 is 2.77 bits per heavy atom. The molecule has 0 unspecified atom stereocenters. The third-order valence-corrected chi connectivity index (χ3v) is 4.00. The number of fused-ring (bicyclic) bond motifs is 1. The van der Waals surface area contributed by atoms with Crippen LogP contribution >= 0.6 is 0 Å². The van der Waals surface area contributed by atoms with Crippen molar-refractivity contribution in [2.24, 2.45) is 5.73 Å². The highest BCUT2D eigenvalue weighted by atomic mass is 16.1. The molecule has 3 aromatic heterocycles. The fourth-order valence-corrected chi connectivity index (χ4v) is 2.72. The first-order chi connectivity index (χ1) is 12.8. The second-order valence-electron chi connectivity index (χ2n) is 5.59. The normalized spacial score (nSPS) is 10.8. The number of nitrogens with zero attached hydrogens (tertiary/aromatic N) is 4.